The van der Waals surface area contributed by atoms with Gasteiger partial charge in [0.15, 0.2) is 0 Å². The van der Waals surface area contributed by atoms with Crippen LogP contribution in [0.5, 0.6) is 0 Å². The van der Waals surface area contributed by atoms with E-state index < -0.39 is 29.5 Å². The number of nitrogens with zero attached hydrogens (tertiary/aromatic N) is 2. The monoisotopic (exact) mass is 605 g/mol. The molecule has 1 N–H and O–H groups in total. The van der Waals surface area contributed by atoms with Crippen LogP contribution in [-0.4, -0.2) is 43.2 Å². The van der Waals surface area contributed by atoms with E-state index in [1.165, 1.54) is 13.3 Å². The first-order chi connectivity index (χ1) is 21.0. The smallest absolute Gasteiger partial charge is 0.417 e. The van der Waals surface area contributed by atoms with E-state index >= 15 is 0 Å². The van der Waals surface area contributed by atoms with Gasteiger partial charge in [-0.15, -0.1) is 0 Å². The van der Waals surface area contributed by atoms with E-state index in [-0.39, 0.29) is 11.8 Å². The van der Waals surface area contributed by atoms with E-state index in [0.717, 1.165) is 29.0 Å². The van der Waals surface area contributed by atoms with E-state index in [9.17, 15) is 28.2 Å². The maximum Gasteiger partial charge on any atom is 0.417 e. The minimum Gasteiger partial charge on any atom is -0.468 e. The lowest BCUT2D eigenvalue weighted by Gasteiger charge is -2.36. The number of aromatic nitrogens is 1. The zero-order valence-electron chi connectivity index (χ0n) is 25.2. The van der Waals surface area contributed by atoms with Crippen LogP contribution in [-0.2, 0) is 20.5 Å². The third kappa shape index (κ3) is 7.62. The Morgan fingerprint density at radius 3 is 2.11 bits per heavy atom. The van der Waals surface area contributed by atoms with Crippen LogP contribution < -0.4 is 4.90 Å². The van der Waals surface area contributed by atoms with Gasteiger partial charge in [-0.25, -0.2) is 0 Å². The molecule has 9 heteroatoms. The molecular weight excluding hydrogens is 567 g/mol. The summed E-state index contributed by atoms with van der Waals surface area (Å²) >= 11 is 0. The molecule has 4 rings (SSSR count). The SMILES string of the molecule is COC(=O)C(C=O)C(C)/C(C(=N)C1CCN(c2cncc(C(F)(F)F)c2)CC1)=C(\C)CC(c1ccccc1)c1ccccc1. The summed E-state index contributed by atoms with van der Waals surface area (Å²) in [6.45, 7) is 4.64. The van der Waals surface area contributed by atoms with Crippen molar-refractivity contribution >= 4 is 23.7 Å². The zero-order valence-corrected chi connectivity index (χ0v) is 25.2. The van der Waals surface area contributed by atoms with E-state index in [1.54, 1.807) is 6.92 Å². The zero-order chi connectivity index (χ0) is 31.9. The van der Waals surface area contributed by atoms with Gasteiger partial charge in [-0.3, -0.25) is 9.78 Å². The van der Waals surface area contributed by atoms with Gasteiger partial charge < -0.3 is 19.8 Å². The predicted molar refractivity (Wildman–Crippen MR) is 165 cm³/mol. The molecule has 1 fully saturated rings. The molecule has 1 aromatic heterocycles. The van der Waals surface area contributed by atoms with Gasteiger partial charge in [0.1, 0.15) is 12.2 Å². The second kappa shape index (κ2) is 14.5. The molecule has 1 aliphatic heterocycles. The molecule has 0 saturated carbocycles. The van der Waals surface area contributed by atoms with Gasteiger partial charge in [0.05, 0.1) is 24.6 Å². The summed E-state index contributed by atoms with van der Waals surface area (Å²) in [4.78, 5) is 30.4. The van der Waals surface area contributed by atoms with Crippen LogP contribution in [0.25, 0.3) is 0 Å². The van der Waals surface area contributed by atoms with Crippen LogP contribution in [0, 0.1) is 23.2 Å². The van der Waals surface area contributed by atoms with Crippen molar-refractivity contribution in [2.45, 2.75) is 45.2 Å². The quantitative estimate of drug-likeness (QED) is 0.106. The van der Waals surface area contributed by atoms with Gasteiger partial charge in [0.25, 0.3) is 0 Å². The topological polar surface area (TPSA) is 83.3 Å². The van der Waals surface area contributed by atoms with Crippen LogP contribution in [0.1, 0.15) is 55.7 Å². The Kier molecular flexibility index (Phi) is 10.7. The number of rotatable bonds is 11. The van der Waals surface area contributed by atoms with Gasteiger partial charge in [-0.05, 0) is 49.0 Å². The summed E-state index contributed by atoms with van der Waals surface area (Å²) in [5.74, 6) is -2.55. The number of aldehydes is 1. The van der Waals surface area contributed by atoms with Gasteiger partial charge in [-0.2, -0.15) is 13.2 Å². The maximum atomic E-state index is 13.3. The molecule has 2 unspecified atom stereocenters. The van der Waals surface area contributed by atoms with Crippen molar-refractivity contribution in [1.82, 2.24) is 4.98 Å². The fraction of sp³-hybridized carbons (Fsp3) is 0.371. The third-order valence-electron chi connectivity index (χ3n) is 8.60. The highest BCUT2D eigenvalue weighted by Gasteiger charge is 2.36. The number of hydrogen-bond acceptors (Lipinski definition) is 6. The number of esters is 1. The maximum absolute atomic E-state index is 13.3. The number of benzene rings is 2. The van der Waals surface area contributed by atoms with Crippen molar-refractivity contribution in [3.63, 3.8) is 0 Å². The number of carbonyl (C=O) groups excluding carboxylic acids is 2. The Balaban J connectivity index is 1.65. The number of ether oxygens (including phenoxy) is 1. The van der Waals surface area contributed by atoms with Crippen LogP contribution in [0.15, 0.2) is 90.3 Å². The molecule has 3 aromatic rings. The number of nitrogens with one attached hydrogen (secondary N) is 1. The lowest BCUT2D eigenvalue weighted by molar-refractivity contribution is -0.148. The van der Waals surface area contributed by atoms with E-state index in [1.807, 2.05) is 48.2 Å². The lowest BCUT2D eigenvalue weighted by Crippen LogP contribution is -2.38. The highest BCUT2D eigenvalue weighted by molar-refractivity contribution is 6.02. The number of methoxy groups -OCH3 is 1. The van der Waals surface area contributed by atoms with Gasteiger partial charge >= 0.3 is 12.1 Å². The largest absolute Gasteiger partial charge is 0.468 e. The highest BCUT2D eigenvalue weighted by Crippen LogP contribution is 2.38. The number of hydrogen-bond donors (Lipinski definition) is 1. The average Bonchev–Trinajstić information content (AvgIpc) is 3.04. The standard InChI is InChI=1S/C35H38F3N3O3/c1-23(18-30(25-10-6-4-7-11-25)26-12-8-5-9-13-26)32(24(2)31(22-42)34(43)44-3)33(39)27-14-16-41(17-15-27)29-19-28(20-40-21-29)35(36,37)38/h4-13,19-22,24,27,30-31,39H,14-18H2,1-3H3/b32-23-,39-33?. The van der Waals surface area contributed by atoms with Crippen LogP contribution >= 0.6 is 0 Å². The number of alkyl halides is 3. The molecule has 1 aliphatic rings. The molecule has 1 saturated heterocycles. The fourth-order valence-electron chi connectivity index (χ4n) is 6.17. The lowest BCUT2D eigenvalue weighted by atomic mass is 9.75. The summed E-state index contributed by atoms with van der Waals surface area (Å²) in [7, 11) is 1.24. The van der Waals surface area contributed by atoms with Crippen molar-refractivity contribution in [2.24, 2.45) is 17.8 Å². The molecule has 44 heavy (non-hydrogen) atoms. The van der Waals surface area contributed by atoms with E-state index in [4.69, 9.17) is 4.74 Å². The predicted octanol–water partition coefficient (Wildman–Crippen LogP) is 7.50. The summed E-state index contributed by atoms with van der Waals surface area (Å²) in [5.41, 5.74) is 3.73. The summed E-state index contributed by atoms with van der Waals surface area (Å²) in [5, 5.41) is 9.40. The van der Waals surface area contributed by atoms with Gasteiger partial charge in [0, 0.05) is 42.8 Å². The minimum atomic E-state index is -4.48. The van der Waals surface area contributed by atoms with Crippen LogP contribution in [0.4, 0.5) is 18.9 Å². The Morgan fingerprint density at radius 2 is 1.61 bits per heavy atom. The van der Waals surface area contributed by atoms with Crippen LogP contribution in [0.2, 0.25) is 0 Å². The molecule has 0 bridgehead atoms. The second-order valence-corrected chi connectivity index (χ2v) is 11.4. The van der Waals surface area contributed by atoms with E-state index in [2.05, 4.69) is 29.2 Å². The molecule has 0 spiro atoms. The first kappa shape index (κ1) is 32.6. The number of anilines is 1. The average molecular weight is 606 g/mol. The van der Waals surface area contributed by atoms with Crippen LogP contribution in [0.3, 0.4) is 0 Å². The minimum absolute atomic E-state index is 0.0181. The Hall–Kier alpha value is -4.27. The molecule has 2 heterocycles. The van der Waals surface area contributed by atoms with Gasteiger partial charge in [0.2, 0.25) is 0 Å². The Labute approximate surface area is 256 Å². The summed E-state index contributed by atoms with van der Waals surface area (Å²) < 4.78 is 44.8. The van der Waals surface area contributed by atoms with Crippen molar-refractivity contribution in [1.29, 1.82) is 5.41 Å². The molecule has 0 aliphatic carbocycles. The number of pyridine rings is 1. The number of piperidine rings is 1. The molecule has 0 radical (unpaired) electrons. The Morgan fingerprint density at radius 1 is 1.05 bits per heavy atom. The molecule has 6 nitrogen and oxygen atoms in total. The van der Waals surface area contributed by atoms with Crippen molar-refractivity contribution in [3.8, 4) is 0 Å². The molecular formula is C35H38F3N3O3. The molecule has 0 amide bonds. The molecule has 2 aromatic carbocycles. The normalized spacial score (nSPS) is 16.2. The van der Waals surface area contributed by atoms with Crippen molar-refractivity contribution in [3.05, 3.63) is 107 Å². The molecule has 2 atom stereocenters. The van der Waals surface area contributed by atoms with Gasteiger partial charge in [-0.1, -0.05) is 73.2 Å². The number of allylic oxidation sites excluding steroid dienone is 2. The van der Waals surface area contributed by atoms with Crippen molar-refractivity contribution < 1.29 is 27.5 Å². The highest BCUT2D eigenvalue weighted by atomic mass is 19.4. The fourth-order valence-corrected chi connectivity index (χ4v) is 6.17. The molecule has 232 valence electrons. The first-order valence-electron chi connectivity index (χ1n) is 14.7. The van der Waals surface area contributed by atoms with E-state index in [0.29, 0.717) is 55.6 Å². The summed E-state index contributed by atoms with van der Waals surface area (Å²) in [6.07, 6.45) is -0.0215. The second-order valence-electron chi connectivity index (χ2n) is 11.4. The third-order valence-corrected chi connectivity index (χ3v) is 8.60. The first-order valence-corrected chi connectivity index (χ1v) is 14.7. The Bertz CT molecular complexity index is 1430. The number of halogens is 3. The number of carbonyl (C=O) groups is 2. The van der Waals surface area contributed by atoms with Crippen molar-refractivity contribution in [2.75, 3.05) is 25.1 Å². The summed E-state index contributed by atoms with van der Waals surface area (Å²) in [6, 6.07) is 21.3.